The fourth-order valence-corrected chi connectivity index (χ4v) is 3.73. The van der Waals surface area contributed by atoms with Crippen LogP contribution in [-0.4, -0.2) is 25.5 Å². The number of hydrogen-bond acceptors (Lipinski definition) is 2. The van der Waals surface area contributed by atoms with E-state index < -0.39 is 0 Å². The molecule has 0 heterocycles. The van der Waals surface area contributed by atoms with Crippen LogP contribution in [-0.2, 0) is 0 Å². The normalized spacial score (nSPS) is 19.4. The molecule has 0 amide bonds. The van der Waals surface area contributed by atoms with Crippen molar-refractivity contribution in [3.63, 3.8) is 0 Å². The Bertz CT molecular complexity index is 703. The molecule has 0 aromatic heterocycles. The SMILES string of the molecule is Cl.Cl.Clc1ccccc1C=NCC1CCC(CN=Cc2ccccc2Cl)CC1. The third-order valence-corrected chi connectivity index (χ3v) is 5.65. The highest BCUT2D eigenvalue weighted by molar-refractivity contribution is 6.33. The molecule has 0 N–H and O–H groups in total. The van der Waals surface area contributed by atoms with Crippen molar-refractivity contribution in [1.82, 2.24) is 0 Å². The standard InChI is InChI=1S/C22H24Cl2N2.2ClH/c23-21-7-3-1-5-19(21)15-25-13-17-9-11-18(12-10-17)14-26-16-20-6-2-4-8-22(20)24;;/h1-8,15-18H,9-14H2;2*1H. The van der Waals surface area contributed by atoms with Crippen LogP contribution in [0.3, 0.4) is 0 Å². The Hall–Kier alpha value is -1.06. The summed E-state index contributed by atoms with van der Waals surface area (Å²) in [6.45, 7) is 1.78. The monoisotopic (exact) mass is 458 g/mol. The van der Waals surface area contributed by atoms with E-state index in [2.05, 4.69) is 9.98 Å². The summed E-state index contributed by atoms with van der Waals surface area (Å²) < 4.78 is 0. The number of benzene rings is 2. The van der Waals surface area contributed by atoms with E-state index >= 15 is 0 Å². The van der Waals surface area contributed by atoms with E-state index in [1.807, 2.05) is 61.0 Å². The lowest BCUT2D eigenvalue weighted by atomic mass is 9.82. The minimum Gasteiger partial charge on any atom is -0.292 e. The van der Waals surface area contributed by atoms with Crippen LogP contribution in [0, 0.1) is 11.8 Å². The lowest BCUT2D eigenvalue weighted by Crippen LogP contribution is -2.18. The molecule has 0 bridgehead atoms. The van der Waals surface area contributed by atoms with Gasteiger partial charge in [-0.05, 0) is 49.7 Å². The van der Waals surface area contributed by atoms with Gasteiger partial charge in [0, 0.05) is 46.7 Å². The van der Waals surface area contributed by atoms with E-state index in [4.69, 9.17) is 23.2 Å². The average Bonchev–Trinajstić information content (AvgIpc) is 2.66. The molecule has 1 saturated carbocycles. The maximum Gasteiger partial charge on any atom is 0.0493 e. The second-order valence-electron chi connectivity index (χ2n) is 6.92. The van der Waals surface area contributed by atoms with Crippen molar-refractivity contribution in [3.8, 4) is 0 Å². The Kier molecular flexibility index (Phi) is 11.8. The van der Waals surface area contributed by atoms with E-state index in [9.17, 15) is 0 Å². The largest absolute Gasteiger partial charge is 0.292 e. The summed E-state index contributed by atoms with van der Waals surface area (Å²) in [6.07, 6.45) is 8.72. The molecular weight excluding hydrogens is 434 g/mol. The number of halogens is 4. The first-order chi connectivity index (χ1) is 12.7. The topological polar surface area (TPSA) is 24.7 Å². The Labute approximate surface area is 190 Å². The van der Waals surface area contributed by atoms with Gasteiger partial charge < -0.3 is 0 Å². The van der Waals surface area contributed by atoms with Gasteiger partial charge in [-0.1, -0.05) is 59.6 Å². The summed E-state index contributed by atoms with van der Waals surface area (Å²) in [7, 11) is 0. The predicted molar refractivity (Wildman–Crippen MR) is 128 cm³/mol. The van der Waals surface area contributed by atoms with Gasteiger partial charge in [0.25, 0.3) is 0 Å². The highest BCUT2D eigenvalue weighted by atomic mass is 35.5. The molecule has 1 aliphatic rings. The first kappa shape index (κ1) is 25.0. The summed E-state index contributed by atoms with van der Waals surface area (Å²) in [4.78, 5) is 9.22. The Morgan fingerprint density at radius 3 is 1.39 bits per heavy atom. The van der Waals surface area contributed by atoms with Crippen LogP contribution in [0.1, 0.15) is 36.8 Å². The summed E-state index contributed by atoms with van der Waals surface area (Å²) in [5.41, 5.74) is 1.99. The Morgan fingerprint density at radius 2 is 1.04 bits per heavy atom. The molecule has 2 nitrogen and oxygen atoms in total. The van der Waals surface area contributed by atoms with Gasteiger partial charge in [0.05, 0.1) is 0 Å². The van der Waals surface area contributed by atoms with E-state index in [1.54, 1.807) is 0 Å². The highest BCUT2D eigenvalue weighted by Gasteiger charge is 2.20. The predicted octanol–water partition coefficient (Wildman–Crippen LogP) is 7.18. The van der Waals surface area contributed by atoms with Gasteiger partial charge in [0.15, 0.2) is 0 Å². The van der Waals surface area contributed by atoms with Gasteiger partial charge in [-0.15, -0.1) is 24.8 Å². The average molecular weight is 460 g/mol. The maximum atomic E-state index is 6.15. The van der Waals surface area contributed by atoms with Crippen LogP contribution in [0.15, 0.2) is 58.5 Å². The zero-order chi connectivity index (χ0) is 18.2. The van der Waals surface area contributed by atoms with E-state index in [1.165, 1.54) is 25.7 Å². The van der Waals surface area contributed by atoms with E-state index in [0.717, 1.165) is 34.3 Å². The zero-order valence-corrected chi connectivity index (χ0v) is 18.8. The van der Waals surface area contributed by atoms with Crippen LogP contribution in [0.2, 0.25) is 10.0 Å². The smallest absolute Gasteiger partial charge is 0.0493 e. The number of hydrogen-bond donors (Lipinski definition) is 0. The fourth-order valence-electron chi connectivity index (χ4n) is 3.36. The van der Waals surface area contributed by atoms with Crippen molar-refractivity contribution in [2.45, 2.75) is 25.7 Å². The lowest BCUT2D eigenvalue weighted by Gasteiger charge is -2.26. The number of nitrogens with zero attached hydrogens (tertiary/aromatic N) is 2. The highest BCUT2D eigenvalue weighted by Crippen LogP contribution is 2.29. The molecule has 0 spiro atoms. The molecule has 0 unspecified atom stereocenters. The molecule has 2 aromatic rings. The number of rotatable bonds is 6. The molecule has 3 rings (SSSR count). The van der Waals surface area contributed by atoms with E-state index in [0.29, 0.717) is 11.8 Å². The molecular formula is C22H26Cl4N2. The molecule has 1 fully saturated rings. The third-order valence-electron chi connectivity index (χ3n) is 4.96. The quantitative estimate of drug-likeness (QED) is 0.408. The van der Waals surface area contributed by atoms with Gasteiger partial charge in [-0.25, -0.2) is 0 Å². The molecule has 2 aromatic carbocycles. The minimum atomic E-state index is 0. The molecule has 0 radical (unpaired) electrons. The maximum absolute atomic E-state index is 6.15. The van der Waals surface area contributed by atoms with Crippen molar-refractivity contribution in [2.75, 3.05) is 13.1 Å². The van der Waals surface area contributed by atoms with Crippen molar-refractivity contribution in [3.05, 3.63) is 69.7 Å². The van der Waals surface area contributed by atoms with Crippen LogP contribution in [0.4, 0.5) is 0 Å². The molecule has 0 aliphatic heterocycles. The van der Waals surface area contributed by atoms with Crippen molar-refractivity contribution >= 4 is 60.4 Å². The van der Waals surface area contributed by atoms with E-state index in [-0.39, 0.29) is 24.8 Å². The minimum absolute atomic E-state index is 0. The fraction of sp³-hybridized carbons (Fsp3) is 0.364. The Morgan fingerprint density at radius 1 is 0.679 bits per heavy atom. The first-order valence-electron chi connectivity index (χ1n) is 9.21. The molecule has 0 saturated heterocycles. The summed E-state index contributed by atoms with van der Waals surface area (Å²) in [5.74, 6) is 1.36. The summed E-state index contributed by atoms with van der Waals surface area (Å²) >= 11 is 12.3. The van der Waals surface area contributed by atoms with Gasteiger partial charge in [-0.2, -0.15) is 0 Å². The van der Waals surface area contributed by atoms with Gasteiger partial charge >= 0.3 is 0 Å². The van der Waals surface area contributed by atoms with Gasteiger partial charge in [0.1, 0.15) is 0 Å². The molecule has 28 heavy (non-hydrogen) atoms. The first-order valence-corrected chi connectivity index (χ1v) is 9.96. The second-order valence-corrected chi connectivity index (χ2v) is 7.73. The third kappa shape index (κ3) is 7.75. The summed E-state index contributed by atoms with van der Waals surface area (Å²) in [5, 5.41) is 1.52. The van der Waals surface area contributed by atoms with Crippen LogP contribution < -0.4 is 0 Å². The lowest BCUT2D eigenvalue weighted by molar-refractivity contribution is 0.286. The van der Waals surface area contributed by atoms with Crippen LogP contribution >= 0.6 is 48.0 Å². The Balaban J connectivity index is 0.00000196. The van der Waals surface area contributed by atoms with Crippen LogP contribution in [0.25, 0.3) is 0 Å². The molecule has 1 aliphatic carbocycles. The van der Waals surface area contributed by atoms with Gasteiger partial charge in [-0.3, -0.25) is 9.98 Å². The molecule has 6 heteroatoms. The van der Waals surface area contributed by atoms with Crippen molar-refractivity contribution in [2.24, 2.45) is 21.8 Å². The number of aliphatic imine (C=N–C) groups is 2. The zero-order valence-electron chi connectivity index (χ0n) is 15.6. The molecule has 0 atom stereocenters. The van der Waals surface area contributed by atoms with Crippen molar-refractivity contribution in [1.29, 1.82) is 0 Å². The molecule has 152 valence electrons. The second kappa shape index (κ2) is 13.2. The van der Waals surface area contributed by atoms with Crippen LogP contribution in [0.5, 0.6) is 0 Å². The van der Waals surface area contributed by atoms with Gasteiger partial charge in [0.2, 0.25) is 0 Å². The van der Waals surface area contributed by atoms with Crippen molar-refractivity contribution < 1.29 is 0 Å². The summed E-state index contributed by atoms with van der Waals surface area (Å²) in [6, 6.07) is 15.7.